The maximum atomic E-state index is 13.3. The molecule has 0 amide bonds. The van der Waals surface area contributed by atoms with E-state index in [1.54, 1.807) is 12.1 Å². The van der Waals surface area contributed by atoms with Gasteiger partial charge in [-0.1, -0.05) is 72.8 Å². The molecule has 0 heterocycles. The molecule has 0 atom stereocenters. The van der Waals surface area contributed by atoms with Crippen LogP contribution in [0.25, 0.3) is 32.3 Å². The Kier molecular flexibility index (Phi) is 7.75. The molecule has 7 aromatic rings. The molecule has 226 valence electrons. The second-order valence-electron chi connectivity index (χ2n) is 11.1. The van der Waals surface area contributed by atoms with E-state index in [0.717, 1.165) is 72.1 Å². The smallest absolute Gasteiger partial charge is 0.123 e. The largest absolute Gasteiger partial charge is 0.377 e. The van der Waals surface area contributed by atoms with Crippen molar-refractivity contribution in [2.45, 2.75) is 0 Å². The number of hydrogen-bond donors (Lipinski definition) is 4. The minimum absolute atomic E-state index is 0.273. The number of nitrogens with zero attached hydrogens (tertiary/aromatic N) is 3. The third kappa shape index (κ3) is 5.71. The number of nitrogens with one attached hydrogen (secondary N) is 4. The molecule has 8 heteroatoms. The van der Waals surface area contributed by atoms with Crippen LogP contribution in [0.4, 0.5) is 44.2 Å². The van der Waals surface area contributed by atoms with Gasteiger partial charge in [0, 0.05) is 52.1 Å². The summed E-state index contributed by atoms with van der Waals surface area (Å²) in [6, 6.07) is 42.9. The van der Waals surface area contributed by atoms with Gasteiger partial charge in [0.15, 0.2) is 0 Å². The topological polar surface area (TPSA) is 76.1 Å². The van der Waals surface area contributed by atoms with Gasteiger partial charge in [0.1, 0.15) is 5.82 Å². The van der Waals surface area contributed by atoms with Crippen molar-refractivity contribution in [3.8, 4) is 0 Å². The Balaban J connectivity index is 1.14. The van der Waals surface area contributed by atoms with Gasteiger partial charge in [-0.05, 0) is 60.7 Å². The Morgan fingerprint density at radius 1 is 0.435 bits per heavy atom. The van der Waals surface area contributed by atoms with Crippen molar-refractivity contribution in [1.82, 2.24) is 0 Å². The zero-order valence-corrected chi connectivity index (χ0v) is 25.4. The van der Waals surface area contributed by atoms with Crippen molar-refractivity contribution in [1.29, 1.82) is 0 Å². The van der Waals surface area contributed by atoms with Crippen molar-refractivity contribution < 1.29 is 4.39 Å². The van der Waals surface area contributed by atoms with Gasteiger partial charge < -0.3 is 26.6 Å². The number of azo groups is 1. The molecule has 0 aliphatic rings. The van der Waals surface area contributed by atoms with Gasteiger partial charge >= 0.3 is 0 Å². The number of hydrazine groups is 2. The van der Waals surface area contributed by atoms with Crippen LogP contribution in [0.5, 0.6) is 0 Å². The Labute approximate surface area is 266 Å². The first-order chi connectivity index (χ1) is 22.5. The molecule has 0 aromatic heterocycles. The van der Waals surface area contributed by atoms with Gasteiger partial charge in [0.25, 0.3) is 0 Å². The number of hydrogen-bond acceptors (Lipinski definition) is 7. The summed E-state index contributed by atoms with van der Waals surface area (Å²) in [7, 11) is 4.09. The molecule has 4 N–H and O–H groups in total. The Morgan fingerprint density at radius 2 is 0.848 bits per heavy atom. The predicted molar refractivity (Wildman–Crippen MR) is 191 cm³/mol. The Bertz CT molecular complexity index is 2210. The van der Waals surface area contributed by atoms with Crippen molar-refractivity contribution in [2.24, 2.45) is 10.2 Å². The molecule has 0 radical (unpaired) electrons. The quantitative estimate of drug-likeness (QED) is 0.0973. The fraction of sp³-hybridized carbons (Fsp3) is 0.0526. The summed E-state index contributed by atoms with van der Waals surface area (Å²) >= 11 is 0. The average Bonchev–Trinajstić information content (AvgIpc) is 3.09. The second kappa shape index (κ2) is 12.5. The van der Waals surface area contributed by atoms with E-state index >= 15 is 0 Å². The van der Waals surface area contributed by atoms with E-state index in [1.807, 2.05) is 80.8 Å². The standard InChI is InChI=1S/C38H32FN7/c1-46(2)38-24-23-37(31-13-7-8-14-32(31)38)45-44-36-22-21-35(29-11-5-6-12-30(29)36)43-42-34-20-19-33(27-9-3-4-10-28(27)34)41-40-26-17-15-25(39)16-18-26/h3-24,40-43H,1-2H3. The Hall–Kier alpha value is -6.15. The van der Waals surface area contributed by atoms with E-state index in [4.69, 9.17) is 10.2 Å². The molecule has 7 rings (SSSR count). The van der Waals surface area contributed by atoms with Crippen molar-refractivity contribution >= 4 is 72.1 Å². The molecule has 0 saturated carbocycles. The predicted octanol–water partition coefficient (Wildman–Crippen LogP) is 10.6. The molecule has 0 bridgehead atoms. The van der Waals surface area contributed by atoms with Crippen molar-refractivity contribution in [3.05, 3.63) is 139 Å². The molecule has 0 saturated heterocycles. The van der Waals surface area contributed by atoms with Crippen LogP contribution in [0, 0.1) is 5.82 Å². The average molecular weight is 606 g/mol. The molecule has 7 aromatic carbocycles. The summed E-state index contributed by atoms with van der Waals surface area (Å²) in [4.78, 5) is 2.11. The summed E-state index contributed by atoms with van der Waals surface area (Å²) in [5.74, 6) is -0.273. The van der Waals surface area contributed by atoms with E-state index in [1.165, 1.54) is 12.1 Å². The second-order valence-corrected chi connectivity index (χ2v) is 11.1. The van der Waals surface area contributed by atoms with Crippen LogP contribution >= 0.6 is 0 Å². The highest BCUT2D eigenvalue weighted by Gasteiger charge is 2.10. The zero-order valence-electron chi connectivity index (χ0n) is 25.4. The van der Waals surface area contributed by atoms with Crippen LogP contribution in [-0.4, -0.2) is 14.1 Å². The van der Waals surface area contributed by atoms with Crippen LogP contribution in [0.15, 0.2) is 144 Å². The molecule has 0 fully saturated rings. The fourth-order valence-corrected chi connectivity index (χ4v) is 5.66. The molecule has 0 spiro atoms. The van der Waals surface area contributed by atoms with Gasteiger partial charge in [0.2, 0.25) is 0 Å². The van der Waals surface area contributed by atoms with E-state index < -0.39 is 0 Å². The number of anilines is 5. The summed E-state index contributed by atoms with van der Waals surface area (Å²) < 4.78 is 13.3. The number of halogens is 1. The van der Waals surface area contributed by atoms with Crippen LogP contribution in [0.2, 0.25) is 0 Å². The molecule has 0 aliphatic carbocycles. The van der Waals surface area contributed by atoms with Crippen molar-refractivity contribution in [2.75, 3.05) is 40.7 Å². The lowest BCUT2D eigenvalue weighted by molar-refractivity contribution is 0.628. The summed E-state index contributed by atoms with van der Waals surface area (Å²) in [5, 5.41) is 15.7. The summed E-state index contributed by atoms with van der Waals surface area (Å²) in [5.41, 5.74) is 19.5. The number of fused-ring (bicyclic) bond motifs is 3. The summed E-state index contributed by atoms with van der Waals surface area (Å²) in [6.07, 6.45) is 0. The number of rotatable bonds is 9. The lowest BCUT2D eigenvalue weighted by Crippen LogP contribution is -2.11. The minimum Gasteiger partial charge on any atom is -0.377 e. The van der Waals surface area contributed by atoms with Gasteiger partial charge in [-0.2, -0.15) is 0 Å². The maximum Gasteiger partial charge on any atom is 0.123 e. The third-order valence-electron chi connectivity index (χ3n) is 7.97. The fourth-order valence-electron chi connectivity index (χ4n) is 5.66. The van der Waals surface area contributed by atoms with E-state index in [0.29, 0.717) is 0 Å². The molecular formula is C38H32FN7. The molecular weight excluding hydrogens is 573 g/mol. The highest BCUT2D eigenvalue weighted by Crippen LogP contribution is 2.37. The van der Waals surface area contributed by atoms with Crippen LogP contribution < -0.4 is 26.6 Å². The molecule has 0 aliphatic heterocycles. The van der Waals surface area contributed by atoms with Crippen molar-refractivity contribution in [3.63, 3.8) is 0 Å². The van der Waals surface area contributed by atoms with Gasteiger partial charge in [0.05, 0.1) is 34.1 Å². The lowest BCUT2D eigenvalue weighted by atomic mass is 10.1. The SMILES string of the molecule is CN(C)c1ccc(N=Nc2ccc(NNc3ccc(NNc4ccc(F)cc4)c4ccccc34)c3ccccc23)c2ccccc12. The monoisotopic (exact) mass is 605 g/mol. The Morgan fingerprint density at radius 3 is 1.39 bits per heavy atom. The van der Waals surface area contributed by atoms with Crippen LogP contribution in [0.3, 0.4) is 0 Å². The first-order valence-electron chi connectivity index (χ1n) is 15.0. The highest BCUT2D eigenvalue weighted by molar-refractivity contribution is 6.04. The maximum absolute atomic E-state index is 13.3. The number of benzene rings is 7. The van der Waals surface area contributed by atoms with E-state index in [9.17, 15) is 4.39 Å². The highest BCUT2D eigenvalue weighted by atomic mass is 19.1. The first kappa shape index (κ1) is 28.6. The van der Waals surface area contributed by atoms with E-state index in [-0.39, 0.29) is 5.82 Å². The van der Waals surface area contributed by atoms with Gasteiger partial charge in [-0.15, -0.1) is 10.2 Å². The molecule has 7 nitrogen and oxygen atoms in total. The summed E-state index contributed by atoms with van der Waals surface area (Å²) in [6.45, 7) is 0. The third-order valence-corrected chi connectivity index (χ3v) is 7.97. The lowest BCUT2D eigenvalue weighted by Gasteiger charge is -2.17. The first-order valence-corrected chi connectivity index (χ1v) is 15.0. The zero-order chi connectivity index (χ0) is 31.5. The molecule has 0 unspecified atom stereocenters. The van der Waals surface area contributed by atoms with Gasteiger partial charge in [-0.3, -0.25) is 0 Å². The molecule has 46 heavy (non-hydrogen) atoms. The van der Waals surface area contributed by atoms with Gasteiger partial charge in [-0.25, -0.2) is 4.39 Å². The van der Waals surface area contributed by atoms with E-state index in [2.05, 4.69) is 69.1 Å². The van der Waals surface area contributed by atoms with Crippen LogP contribution in [0.1, 0.15) is 0 Å². The normalized spacial score (nSPS) is 11.3. The minimum atomic E-state index is -0.273. The van der Waals surface area contributed by atoms with Crippen LogP contribution in [-0.2, 0) is 0 Å².